The van der Waals surface area contributed by atoms with Crippen molar-refractivity contribution in [2.75, 3.05) is 17.7 Å². The number of nitrogens with two attached hydrogens (primary N) is 1. The fourth-order valence-electron chi connectivity index (χ4n) is 2.01. The van der Waals surface area contributed by atoms with E-state index in [2.05, 4.69) is 10.3 Å². The van der Waals surface area contributed by atoms with E-state index in [-0.39, 0.29) is 5.97 Å². The number of carbonyl (C=O) groups excluding carboxylic acids is 1. The standard InChI is InChI=1S/C13H17N3O2/c1-2-18-13(17)9-5-3-6-10(9)16-11-7-4-8-15-12(11)14/h4,7-8,16H,2-3,5-6H2,1H3,(H2,14,15). The lowest BCUT2D eigenvalue weighted by atomic mass is 10.2. The molecule has 0 aliphatic heterocycles. The Morgan fingerprint density at radius 1 is 1.56 bits per heavy atom. The van der Waals surface area contributed by atoms with Gasteiger partial charge in [0.05, 0.1) is 17.9 Å². The number of pyridine rings is 1. The van der Waals surface area contributed by atoms with Crippen LogP contribution in [-0.4, -0.2) is 17.6 Å². The zero-order chi connectivity index (χ0) is 13.0. The summed E-state index contributed by atoms with van der Waals surface area (Å²) in [6.07, 6.45) is 4.18. The molecule has 2 rings (SSSR count). The number of rotatable bonds is 4. The van der Waals surface area contributed by atoms with E-state index >= 15 is 0 Å². The molecule has 1 aromatic rings. The van der Waals surface area contributed by atoms with Crippen LogP contribution in [0.1, 0.15) is 26.2 Å². The van der Waals surface area contributed by atoms with Crippen molar-refractivity contribution < 1.29 is 9.53 Å². The van der Waals surface area contributed by atoms with Gasteiger partial charge >= 0.3 is 5.97 Å². The average Bonchev–Trinajstić information content (AvgIpc) is 2.81. The zero-order valence-corrected chi connectivity index (χ0v) is 10.4. The molecule has 1 aromatic heterocycles. The van der Waals surface area contributed by atoms with Crippen molar-refractivity contribution in [2.24, 2.45) is 0 Å². The third-order valence-corrected chi connectivity index (χ3v) is 2.86. The van der Waals surface area contributed by atoms with Crippen molar-refractivity contribution in [3.63, 3.8) is 0 Å². The van der Waals surface area contributed by atoms with Crippen LogP contribution in [0.2, 0.25) is 0 Å². The Balaban J connectivity index is 2.19. The van der Waals surface area contributed by atoms with Crippen molar-refractivity contribution >= 4 is 17.5 Å². The molecular formula is C13H17N3O2. The van der Waals surface area contributed by atoms with E-state index < -0.39 is 0 Å². The molecule has 0 amide bonds. The number of nitrogens with zero attached hydrogens (tertiary/aromatic N) is 1. The zero-order valence-electron chi connectivity index (χ0n) is 10.4. The summed E-state index contributed by atoms with van der Waals surface area (Å²) in [7, 11) is 0. The monoisotopic (exact) mass is 247 g/mol. The summed E-state index contributed by atoms with van der Waals surface area (Å²) in [5.74, 6) is 0.195. The predicted octanol–water partition coefficient (Wildman–Crippen LogP) is 2.08. The van der Waals surface area contributed by atoms with Gasteiger partial charge in [-0.25, -0.2) is 9.78 Å². The van der Waals surface area contributed by atoms with Crippen LogP contribution in [-0.2, 0) is 9.53 Å². The van der Waals surface area contributed by atoms with E-state index in [1.54, 1.807) is 19.2 Å². The number of hydrogen-bond donors (Lipinski definition) is 2. The number of nitrogen functional groups attached to an aromatic ring is 1. The molecular weight excluding hydrogens is 230 g/mol. The second kappa shape index (κ2) is 5.53. The Morgan fingerprint density at radius 2 is 2.39 bits per heavy atom. The maximum atomic E-state index is 11.8. The normalized spacial score (nSPS) is 14.7. The first-order chi connectivity index (χ1) is 8.72. The Hall–Kier alpha value is -2.04. The first-order valence-corrected chi connectivity index (χ1v) is 6.09. The number of esters is 1. The lowest BCUT2D eigenvalue weighted by Gasteiger charge is -2.11. The summed E-state index contributed by atoms with van der Waals surface area (Å²) in [6.45, 7) is 2.20. The Morgan fingerprint density at radius 3 is 3.11 bits per heavy atom. The molecule has 0 radical (unpaired) electrons. The fourth-order valence-corrected chi connectivity index (χ4v) is 2.01. The van der Waals surface area contributed by atoms with Crippen LogP contribution in [0.3, 0.4) is 0 Å². The van der Waals surface area contributed by atoms with Gasteiger partial charge in [-0.2, -0.15) is 0 Å². The summed E-state index contributed by atoms with van der Waals surface area (Å²) in [4.78, 5) is 15.8. The van der Waals surface area contributed by atoms with Crippen LogP contribution >= 0.6 is 0 Å². The minimum Gasteiger partial charge on any atom is -0.463 e. The molecule has 1 aliphatic carbocycles. The predicted molar refractivity (Wildman–Crippen MR) is 69.8 cm³/mol. The minimum absolute atomic E-state index is 0.236. The molecule has 0 bridgehead atoms. The first-order valence-electron chi connectivity index (χ1n) is 6.09. The van der Waals surface area contributed by atoms with Gasteiger partial charge < -0.3 is 15.8 Å². The van der Waals surface area contributed by atoms with E-state index in [4.69, 9.17) is 10.5 Å². The largest absolute Gasteiger partial charge is 0.463 e. The maximum Gasteiger partial charge on any atom is 0.335 e. The topological polar surface area (TPSA) is 77.2 Å². The molecule has 1 aliphatic rings. The van der Waals surface area contributed by atoms with Crippen molar-refractivity contribution in [1.82, 2.24) is 4.98 Å². The molecule has 0 fully saturated rings. The second-order valence-corrected chi connectivity index (χ2v) is 4.09. The van der Waals surface area contributed by atoms with Crippen molar-refractivity contribution in [3.8, 4) is 0 Å². The highest BCUT2D eigenvalue weighted by atomic mass is 16.5. The summed E-state index contributed by atoms with van der Waals surface area (Å²) < 4.78 is 5.04. The lowest BCUT2D eigenvalue weighted by molar-refractivity contribution is -0.138. The number of carbonyl (C=O) groups is 1. The van der Waals surface area contributed by atoms with Crippen LogP contribution in [0.25, 0.3) is 0 Å². The molecule has 5 heteroatoms. The molecule has 0 aromatic carbocycles. The SMILES string of the molecule is CCOC(=O)C1=C(Nc2cccnc2N)CCC1. The van der Waals surface area contributed by atoms with Gasteiger partial charge in [-0.15, -0.1) is 0 Å². The highest BCUT2D eigenvalue weighted by molar-refractivity contribution is 5.90. The summed E-state index contributed by atoms with van der Waals surface area (Å²) in [6, 6.07) is 3.65. The molecule has 18 heavy (non-hydrogen) atoms. The molecule has 0 spiro atoms. The molecule has 96 valence electrons. The molecule has 0 atom stereocenters. The van der Waals surface area contributed by atoms with Gasteiger partial charge in [0.15, 0.2) is 0 Å². The van der Waals surface area contributed by atoms with Gasteiger partial charge in [0.1, 0.15) is 5.82 Å². The van der Waals surface area contributed by atoms with Gasteiger partial charge in [0.25, 0.3) is 0 Å². The number of ether oxygens (including phenoxy) is 1. The average molecular weight is 247 g/mol. The number of allylic oxidation sites excluding steroid dienone is 1. The molecule has 1 heterocycles. The quantitative estimate of drug-likeness (QED) is 0.796. The summed E-state index contributed by atoms with van der Waals surface area (Å²) >= 11 is 0. The van der Waals surface area contributed by atoms with E-state index in [1.165, 1.54) is 0 Å². The Bertz CT molecular complexity index is 483. The lowest BCUT2D eigenvalue weighted by Crippen LogP contribution is -2.11. The van der Waals surface area contributed by atoms with Crippen molar-refractivity contribution in [1.29, 1.82) is 0 Å². The summed E-state index contributed by atoms with van der Waals surface area (Å²) in [5.41, 5.74) is 8.12. The number of hydrogen-bond acceptors (Lipinski definition) is 5. The van der Waals surface area contributed by atoms with Gasteiger partial charge in [0, 0.05) is 11.9 Å². The molecule has 3 N–H and O–H groups in total. The van der Waals surface area contributed by atoms with Gasteiger partial charge in [-0.1, -0.05) is 0 Å². The highest BCUT2D eigenvalue weighted by Gasteiger charge is 2.22. The van der Waals surface area contributed by atoms with Gasteiger partial charge in [-0.05, 0) is 38.3 Å². The second-order valence-electron chi connectivity index (χ2n) is 4.09. The van der Waals surface area contributed by atoms with Crippen molar-refractivity contribution in [2.45, 2.75) is 26.2 Å². The van der Waals surface area contributed by atoms with Gasteiger partial charge in [0.2, 0.25) is 0 Å². The van der Waals surface area contributed by atoms with E-state index in [0.29, 0.717) is 12.4 Å². The van der Waals surface area contributed by atoms with Crippen LogP contribution in [0, 0.1) is 0 Å². The van der Waals surface area contributed by atoms with Crippen LogP contribution in [0.5, 0.6) is 0 Å². The number of anilines is 2. The van der Waals surface area contributed by atoms with Crippen molar-refractivity contribution in [3.05, 3.63) is 29.6 Å². The smallest absolute Gasteiger partial charge is 0.335 e. The van der Waals surface area contributed by atoms with Crippen LogP contribution in [0.15, 0.2) is 29.6 Å². The fraction of sp³-hybridized carbons (Fsp3) is 0.385. The van der Waals surface area contributed by atoms with E-state index in [9.17, 15) is 4.79 Å². The summed E-state index contributed by atoms with van der Waals surface area (Å²) in [5, 5.41) is 3.19. The first kappa shape index (κ1) is 12.4. The number of nitrogens with one attached hydrogen (secondary N) is 1. The van der Waals surface area contributed by atoms with Crippen LogP contribution < -0.4 is 11.1 Å². The molecule has 0 unspecified atom stereocenters. The molecule has 0 saturated heterocycles. The Labute approximate surface area is 106 Å². The number of aromatic nitrogens is 1. The maximum absolute atomic E-state index is 11.8. The van der Waals surface area contributed by atoms with E-state index in [0.717, 1.165) is 36.2 Å². The third-order valence-electron chi connectivity index (χ3n) is 2.86. The molecule has 5 nitrogen and oxygen atoms in total. The minimum atomic E-state index is -0.236. The van der Waals surface area contributed by atoms with Crippen LogP contribution in [0.4, 0.5) is 11.5 Å². The highest BCUT2D eigenvalue weighted by Crippen LogP contribution is 2.29. The van der Waals surface area contributed by atoms with E-state index in [1.807, 2.05) is 6.07 Å². The molecule has 0 saturated carbocycles. The Kier molecular flexibility index (Phi) is 3.82. The third kappa shape index (κ3) is 2.61. The van der Waals surface area contributed by atoms with Gasteiger partial charge in [-0.3, -0.25) is 0 Å².